The van der Waals surface area contributed by atoms with E-state index in [4.69, 9.17) is 5.73 Å². The molecule has 2 N–H and O–H groups in total. The Labute approximate surface area is 140 Å². The first kappa shape index (κ1) is 19.5. The minimum absolute atomic E-state index is 0. The van der Waals surface area contributed by atoms with Crippen LogP contribution in [0.2, 0.25) is 0 Å². The van der Waals surface area contributed by atoms with Crippen molar-refractivity contribution in [3.8, 4) is 5.75 Å². The third kappa shape index (κ3) is 4.48. The van der Waals surface area contributed by atoms with Gasteiger partial charge >= 0.3 is 6.36 Å². The van der Waals surface area contributed by atoms with E-state index < -0.39 is 22.1 Å². The molecule has 1 aliphatic heterocycles. The Kier molecular flexibility index (Phi) is 6.13. The quantitative estimate of drug-likeness (QED) is 0.808. The van der Waals surface area contributed by atoms with Crippen LogP contribution in [-0.4, -0.2) is 38.2 Å². The first-order valence-electron chi connectivity index (χ1n) is 5.90. The zero-order valence-corrected chi connectivity index (χ0v) is 14.2. The lowest BCUT2D eigenvalue weighted by atomic mass is 10.3. The molecule has 1 saturated heterocycles. The number of sulfonamides is 1. The standard InChI is InChI=1S/C11H12BrF3N2O3S.ClH/c12-9-5-8(20-11(13,14)15)1-2-10(9)21(18,19)17-4-3-7(16)6-17;/h1-2,5,7H,3-4,6,16H2;1H/t7-;/m1./s1. The van der Waals surface area contributed by atoms with Crippen molar-refractivity contribution in [1.82, 2.24) is 4.31 Å². The van der Waals surface area contributed by atoms with Gasteiger partial charge in [-0.2, -0.15) is 4.31 Å². The number of nitrogens with two attached hydrogens (primary N) is 1. The second kappa shape index (κ2) is 6.91. The molecule has 0 radical (unpaired) electrons. The van der Waals surface area contributed by atoms with Crippen molar-refractivity contribution in [2.45, 2.75) is 23.7 Å². The summed E-state index contributed by atoms with van der Waals surface area (Å²) in [5, 5.41) is 0. The largest absolute Gasteiger partial charge is 0.573 e. The van der Waals surface area contributed by atoms with Crippen molar-refractivity contribution in [2.75, 3.05) is 13.1 Å². The summed E-state index contributed by atoms with van der Waals surface area (Å²) in [5.74, 6) is -0.494. The zero-order chi connectivity index (χ0) is 15.8. The predicted molar refractivity (Wildman–Crippen MR) is 79.4 cm³/mol. The van der Waals surface area contributed by atoms with Gasteiger partial charge in [0, 0.05) is 23.6 Å². The smallest absolute Gasteiger partial charge is 0.406 e. The first-order chi connectivity index (χ1) is 9.59. The molecule has 1 aromatic carbocycles. The van der Waals surface area contributed by atoms with Gasteiger partial charge < -0.3 is 10.5 Å². The average Bonchev–Trinajstić information content (AvgIpc) is 2.74. The van der Waals surface area contributed by atoms with Crippen LogP contribution in [0.15, 0.2) is 27.6 Å². The Bertz CT molecular complexity index is 642. The lowest BCUT2D eigenvalue weighted by Crippen LogP contribution is -2.32. The van der Waals surface area contributed by atoms with Gasteiger partial charge in [-0.1, -0.05) is 0 Å². The number of benzene rings is 1. The molecule has 126 valence electrons. The van der Waals surface area contributed by atoms with Crippen molar-refractivity contribution in [1.29, 1.82) is 0 Å². The Balaban J connectivity index is 0.00000242. The molecule has 0 aromatic heterocycles. The van der Waals surface area contributed by atoms with Gasteiger partial charge in [-0.25, -0.2) is 8.42 Å². The summed E-state index contributed by atoms with van der Waals surface area (Å²) in [6.45, 7) is 0.478. The molecule has 1 fully saturated rings. The maximum atomic E-state index is 12.4. The van der Waals surface area contributed by atoms with Crippen molar-refractivity contribution in [3.05, 3.63) is 22.7 Å². The highest BCUT2D eigenvalue weighted by Crippen LogP contribution is 2.32. The fraction of sp³-hybridized carbons (Fsp3) is 0.455. The van der Waals surface area contributed by atoms with Crippen LogP contribution in [-0.2, 0) is 10.0 Å². The number of hydrogen-bond acceptors (Lipinski definition) is 4. The summed E-state index contributed by atoms with van der Waals surface area (Å²) in [5.41, 5.74) is 5.67. The van der Waals surface area contributed by atoms with E-state index in [-0.39, 0.29) is 40.9 Å². The fourth-order valence-electron chi connectivity index (χ4n) is 2.00. The highest BCUT2D eigenvalue weighted by atomic mass is 79.9. The van der Waals surface area contributed by atoms with E-state index in [2.05, 4.69) is 20.7 Å². The van der Waals surface area contributed by atoms with Gasteiger partial charge in [0.1, 0.15) is 5.75 Å². The van der Waals surface area contributed by atoms with Crippen LogP contribution in [0.1, 0.15) is 6.42 Å². The number of rotatable bonds is 3. The van der Waals surface area contributed by atoms with Crippen LogP contribution in [0.25, 0.3) is 0 Å². The highest BCUT2D eigenvalue weighted by molar-refractivity contribution is 9.10. The summed E-state index contributed by atoms with van der Waals surface area (Å²) in [6.07, 6.45) is -4.28. The van der Waals surface area contributed by atoms with Gasteiger partial charge in [0.25, 0.3) is 0 Å². The van der Waals surface area contributed by atoms with Crippen LogP contribution >= 0.6 is 28.3 Å². The second-order valence-corrected chi connectivity index (χ2v) is 7.31. The average molecular weight is 426 g/mol. The van der Waals surface area contributed by atoms with E-state index in [1.165, 1.54) is 4.31 Å². The summed E-state index contributed by atoms with van der Waals surface area (Å²) < 4.78 is 66.1. The molecule has 0 saturated carbocycles. The van der Waals surface area contributed by atoms with Gasteiger partial charge in [-0.15, -0.1) is 25.6 Å². The highest BCUT2D eigenvalue weighted by Gasteiger charge is 2.34. The number of halogens is 5. The molecule has 0 unspecified atom stereocenters. The molecule has 5 nitrogen and oxygen atoms in total. The van der Waals surface area contributed by atoms with Crippen LogP contribution < -0.4 is 10.5 Å². The van der Waals surface area contributed by atoms with E-state index in [1.54, 1.807) is 0 Å². The van der Waals surface area contributed by atoms with Crippen LogP contribution in [0.5, 0.6) is 5.75 Å². The van der Waals surface area contributed by atoms with Crippen molar-refractivity contribution < 1.29 is 26.3 Å². The maximum absolute atomic E-state index is 12.4. The van der Waals surface area contributed by atoms with E-state index in [1.807, 2.05) is 0 Å². The third-order valence-electron chi connectivity index (χ3n) is 2.94. The molecule has 11 heteroatoms. The minimum atomic E-state index is -4.83. The van der Waals surface area contributed by atoms with Gasteiger partial charge in [0.15, 0.2) is 0 Å². The Morgan fingerprint density at radius 2 is 2.00 bits per heavy atom. The molecule has 0 bridgehead atoms. The van der Waals surface area contributed by atoms with E-state index in [0.29, 0.717) is 6.42 Å². The molecular weight excluding hydrogens is 413 g/mol. The van der Waals surface area contributed by atoms with E-state index >= 15 is 0 Å². The lowest BCUT2D eigenvalue weighted by molar-refractivity contribution is -0.274. The Hall–Kier alpha value is -0.550. The normalized spacial score (nSPS) is 19.8. The van der Waals surface area contributed by atoms with Crippen molar-refractivity contribution in [2.24, 2.45) is 5.73 Å². The Morgan fingerprint density at radius 3 is 2.45 bits per heavy atom. The molecule has 1 atom stereocenters. The molecule has 2 rings (SSSR count). The molecule has 0 amide bonds. The molecule has 22 heavy (non-hydrogen) atoms. The third-order valence-corrected chi connectivity index (χ3v) is 5.78. The monoisotopic (exact) mass is 424 g/mol. The molecule has 1 heterocycles. The van der Waals surface area contributed by atoms with Crippen molar-refractivity contribution >= 4 is 38.4 Å². The molecule has 0 spiro atoms. The second-order valence-electron chi connectivity index (χ2n) is 4.55. The summed E-state index contributed by atoms with van der Waals surface area (Å²) in [6, 6.07) is 2.77. The minimum Gasteiger partial charge on any atom is -0.406 e. The zero-order valence-electron chi connectivity index (χ0n) is 11.0. The van der Waals surface area contributed by atoms with Gasteiger partial charge in [-0.3, -0.25) is 0 Å². The van der Waals surface area contributed by atoms with E-state index in [9.17, 15) is 21.6 Å². The summed E-state index contributed by atoms with van der Waals surface area (Å²) in [7, 11) is -3.79. The first-order valence-corrected chi connectivity index (χ1v) is 8.14. The molecule has 1 aliphatic rings. The summed E-state index contributed by atoms with van der Waals surface area (Å²) in [4.78, 5) is -0.119. The molecule has 0 aliphatic carbocycles. The predicted octanol–water partition coefficient (Wildman–Crippen LogP) is 2.49. The SMILES string of the molecule is Cl.N[C@@H]1CCN(S(=O)(=O)c2ccc(OC(F)(F)F)cc2Br)C1. The molecular formula is C11H13BrClF3N2O3S. The van der Waals surface area contributed by atoms with E-state index in [0.717, 1.165) is 18.2 Å². The maximum Gasteiger partial charge on any atom is 0.573 e. The number of ether oxygens (including phenoxy) is 1. The fourth-order valence-corrected chi connectivity index (χ4v) is 4.53. The van der Waals surface area contributed by atoms with Crippen LogP contribution in [0.3, 0.4) is 0 Å². The van der Waals surface area contributed by atoms with Crippen LogP contribution in [0, 0.1) is 0 Å². The molecule has 1 aromatic rings. The van der Waals surface area contributed by atoms with Gasteiger partial charge in [0.2, 0.25) is 10.0 Å². The number of nitrogens with zero attached hydrogens (tertiary/aromatic N) is 1. The number of alkyl halides is 3. The Morgan fingerprint density at radius 1 is 1.36 bits per heavy atom. The van der Waals surface area contributed by atoms with Crippen molar-refractivity contribution in [3.63, 3.8) is 0 Å². The lowest BCUT2D eigenvalue weighted by Gasteiger charge is -2.17. The number of hydrogen-bond donors (Lipinski definition) is 1. The summed E-state index contributed by atoms with van der Waals surface area (Å²) >= 11 is 2.97. The van der Waals surface area contributed by atoms with Gasteiger partial charge in [-0.05, 0) is 40.5 Å². The van der Waals surface area contributed by atoms with Crippen LogP contribution in [0.4, 0.5) is 13.2 Å². The topological polar surface area (TPSA) is 72.6 Å². The van der Waals surface area contributed by atoms with Gasteiger partial charge in [0.05, 0.1) is 4.90 Å².